The van der Waals surface area contributed by atoms with Gasteiger partial charge in [0.15, 0.2) is 0 Å². The standard InChI is InChI=1S/C9H14ClN3O3S/c1-7(14)3-4-13(2)17(15,16)8-5-11-9(10)12-6-8/h5-7,14H,3-4H2,1-2H3. The number of aliphatic hydroxyl groups excluding tert-OH is 1. The van der Waals surface area contributed by atoms with Crippen molar-refractivity contribution in [1.82, 2.24) is 14.3 Å². The van der Waals surface area contributed by atoms with E-state index in [0.717, 1.165) is 16.7 Å². The van der Waals surface area contributed by atoms with Crippen LogP contribution in [0.5, 0.6) is 0 Å². The maximum atomic E-state index is 12.0. The summed E-state index contributed by atoms with van der Waals surface area (Å²) in [5, 5.41) is 9.11. The minimum atomic E-state index is -3.61. The van der Waals surface area contributed by atoms with E-state index in [0.29, 0.717) is 6.42 Å². The van der Waals surface area contributed by atoms with Gasteiger partial charge in [-0.05, 0) is 24.9 Å². The van der Waals surface area contributed by atoms with Gasteiger partial charge in [0.1, 0.15) is 4.90 Å². The topological polar surface area (TPSA) is 83.4 Å². The summed E-state index contributed by atoms with van der Waals surface area (Å²) < 4.78 is 25.1. The average molecular weight is 280 g/mol. The van der Waals surface area contributed by atoms with Crippen LogP contribution in [0.25, 0.3) is 0 Å². The van der Waals surface area contributed by atoms with Crippen molar-refractivity contribution in [1.29, 1.82) is 0 Å². The molecule has 0 saturated heterocycles. The molecule has 0 fully saturated rings. The monoisotopic (exact) mass is 279 g/mol. The highest BCUT2D eigenvalue weighted by molar-refractivity contribution is 7.89. The summed E-state index contributed by atoms with van der Waals surface area (Å²) in [5.74, 6) is 0. The van der Waals surface area contributed by atoms with Crippen molar-refractivity contribution >= 4 is 21.6 Å². The van der Waals surface area contributed by atoms with Crippen molar-refractivity contribution < 1.29 is 13.5 Å². The molecule has 0 saturated carbocycles. The van der Waals surface area contributed by atoms with Crippen LogP contribution < -0.4 is 0 Å². The van der Waals surface area contributed by atoms with Gasteiger partial charge < -0.3 is 5.11 Å². The summed E-state index contributed by atoms with van der Waals surface area (Å²) in [6, 6.07) is 0. The molecule has 1 N–H and O–H groups in total. The van der Waals surface area contributed by atoms with Gasteiger partial charge in [-0.3, -0.25) is 0 Å². The molecule has 0 aliphatic rings. The quantitative estimate of drug-likeness (QED) is 0.795. The lowest BCUT2D eigenvalue weighted by molar-refractivity contribution is 0.177. The molecule has 0 amide bonds. The molecular weight excluding hydrogens is 266 g/mol. The van der Waals surface area contributed by atoms with Crippen LogP contribution in [0.2, 0.25) is 5.28 Å². The molecule has 1 unspecified atom stereocenters. The van der Waals surface area contributed by atoms with Crippen molar-refractivity contribution in [3.63, 3.8) is 0 Å². The van der Waals surface area contributed by atoms with Crippen LogP contribution in [0.1, 0.15) is 13.3 Å². The first kappa shape index (κ1) is 14.3. The minimum absolute atomic E-state index is 0.00409. The zero-order chi connectivity index (χ0) is 13.1. The van der Waals surface area contributed by atoms with Crippen LogP contribution in [0.15, 0.2) is 17.3 Å². The molecule has 0 aromatic carbocycles. The minimum Gasteiger partial charge on any atom is -0.393 e. The van der Waals surface area contributed by atoms with Crippen LogP contribution >= 0.6 is 11.6 Å². The first-order chi connectivity index (χ1) is 7.84. The highest BCUT2D eigenvalue weighted by Crippen LogP contribution is 2.13. The molecule has 1 heterocycles. The molecule has 6 nitrogen and oxygen atoms in total. The maximum Gasteiger partial charge on any atom is 0.245 e. The van der Waals surface area contributed by atoms with Gasteiger partial charge in [0, 0.05) is 13.6 Å². The van der Waals surface area contributed by atoms with Crippen LogP contribution in [0.3, 0.4) is 0 Å². The second-order valence-electron chi connectivity index (χ2n) is 3.65. The van der Waals surface area contributed by atoms with E-state index in [1.807, 2.05) is 0 Å². The lowest BCUT2D eigenvalue weighted by atomic mass is 10.3. The first-order valence-electron chi connectivity index (χ1n) is 4.96. The number of hydrogen-bond acceptors (Lipinski definition) is 5. The Hall–Kier alpha value is -0.760. The van der Waals surface area contributed by atoms with E-state index in [2.05, 4.69) is 9.97 Å². The number of rotatable bonds is 5. The van der Waals surface area contributed by atoms with Gasteiger partial charge in [0.05, 0.1) is 18.5 Å². The smallest absolute Gasteiger partial charge is 0.245 e. The maximum absolute atomic E-state index is 12.0. The van der Waals surface area contributed by atoms with E-state index < -0.39 is 16.1 Å². The third kappa shape index (κ3) is 3.88. The van der Waals surface area contributed by atoms with E-state index in [-0.39, 0.29) is 16.7 Å². The zero-order valence-electron chi connectivity index (χ0n) is 9.54. The summed E-state index contributed by atoms with van der Waals surface area (Å²) in [6.45, 7) is 1.83. The van der Waals surface area contributed by atoms with Gasteiger partial charge in [-0.1, -0.05) is 0 Å². The second-order valence-corrected chi connectivity index (χ2v) is 6.04. The summed E-state index contributed by atoms with van der Waals surface area (Å²) >= 11 is 5.48. The fourth-order valence-electron chi connectivity index (χ4n) is 1.10. The molecule has 0 spiro atoms. The number of halogens is 1. The molecule has 1 aromatic heterocycles. The van der Waals surface area contributed by atoms with Gasteiger partial charge >= 0.3 is 0 Å². The van der Waals surface area contributed by atoms with Gasteiger partial charge in [-0.25, -0.2) is 22.7 Å². The van der Waals surface area contributed by atoms with Gasteiger partial charge in [-0.15, -0.1) is 0 Å². The molecule has 0 aliphatic carbocycles. The molecule has 17 heavy (non-hydrogen) atoms. The Morgan fingerprint density at radius 2 is 2.00 bits per heavy atom. The Labute approximate surface area is 105 Å². The lowest BCUT2D eigenvalue weighted by Crippen LogP contribution is -2.29. The molecule has 0 aliphatic heterocycles. The van der Waals surface area contributed by atoms with E-state index in [4.69, 9.17) is 16.7 Å². The Morgan fingerprint density at radius 1 is 1.47 bits per heavy atom. The molecular formula is C9H14ClN3O3S. The number of sulfonamides is 1. The van der Waals surface area contributed by atoms with Crippen molar-refractivity contribution in [2.75, 3.05) is 13.6 Å². The molecule has 1 rings (SSSR count). The summed E-state index contributed by atoms with van der Waals surface area (Å²) in [5.41, 5.74) is 0. The highest BCUT2D eigenvalue weighted by atomic mass is 35.5. The molecule has 1 atom stereocenters. The third-order valence-electron chi connectivity index (χ3n) is 2.17. The molecule has 0 bridgehead atoms. The fourth-order valence-corrected chi connectivity index (χ4v) is 2.28. The van der Waals surface area contributed by atoms with Crippen molar-refractivity contribution in [3.8, 4) is 0 Å². The Kier molecular flexibility index (Phi) is 4.81. The van der Waals surface area contributed by atoms with Gasteiger partial charge in [-0.2, -0.15) is 0 Å². The SMILES string of the molecule is CC(O)CCN(C)S(=O)(=O)c1cnc(Cl)nc1. The molecule has 96 valence electrons. The van der Waals surface area contributed by atoms with Crippen molar-refractivity contribution in [2.45, 2.75) is 24.3 Å². The summed E-state index contributed by atoms with van der Waals surface area (Å²) in [4.78, 5) is 7.23. The predicted molar refractivity (Wildman–Crippen MR) is 63.2 cm³/mol. The zero-order valence-corrected chi connectivity index (χ0v) is 11.1. The number of aliphatic hydroxyl groups is 1. The van der Waals surface area contributed by atoms with Crippen LogP contribution in [-0.2, 0) is 10.0 Å². The normalized spacial score (nSPS) is 13.9. The highest BCUT2D eigenvalue weighted by Gasteiger charge is 2.21. The van der Waals surface area contributed by atoms with Gasteiger partial charge in [0.25, 0.3) is 0 Å². The Morgan fingerprint density at radius 3 is 2.47 bits per heavy atom. The fraction of sp³-hybridized carbons (Fsp3) is 0.556. The Balaban J connectivity index is 2.84. The van der Waals surface area contributed by atoms with E-state index >= 15 is 0 Å². The van der Waals surface area contributed by atoms with Crippen molar-refractivity contribution in [2.24, 2.45) is 0 Å². The van der Waals surface area contributed by atoms with E-state index in [9.17, 15) is 8.42 Å². The molecule has 8 heteroatoms. The van der Waals surface area contributed by atoms with E-state index in [1.54, 1.807) is 6.92 Å². The number of nitrogens with zero attached hydrogens (tertiary/aromatic N) is 3. The van der Waals surface area contributed by atoms with Crippen LogP contribution in [-0.4, -0.2) is 47.5 Å². The predicted octanol–water partition coefficient (Wildman–Crippen LogP) is 0.521. The average Bonchev–Trinajstić information content (AvgIpc) is 2.26. The van der Waals surface area contributed by atoms with E-state index in [1.165, 1.54) is 7.05 Å². The van der Waals surface area contributed by atoms with Crippen LogP contribution in [0.4, 0.5) is 0 Å². The largest absolute Gasteiger partial charge is 0.393 e. The number of aromatic nitrogens is 2. The van der Waals surface area contributed by atoms with Crippen LogP contribution in [0, 0.1) is 0 Å². The lowest BCUT2D eigenvalue weighted by Gasteiger charge is -2.17. The third-order valence-corrected chi connectivity index (χ3v) is 4.17. The molecule has 1 aromatic rings. The number of hydrogen-bond donors (Lipinski definition) is 1. The Bertz CT molecular complexity index is 461. The van der Waals surface area contributed by atoms with Crippen molar-refractivity contribution in [3.05, 3.63) is 17.7 Å². The summed E-state index contributed by atoms with van der Waals surface area (Å²) in [7, 11) is -2.18. The van der Waals surface area contributed by atoms with Gasteiger partial charge in [0.2, 0.25) is 15.3 Å². The summed E-state index contributed by atoms with van der Waals surface area (Å²) in [6.07, 6.45) is 2.13. The first-order valence-corrected chi connectivity index (χ1v) is 6.78. The second kappa shape index (κ2) is 5.72. The molecule has 0 radical (unpaired) electrons.